The van der Waals surface area contributed by atoms with Crippen LogP contribution < -0.4 is 5.73 Å². The van der Waals surface area contributed by atoms with Crippen molar-refractivity contribution < 1.29 is 4.39 Å². The molecule has 0 amide bonds. The number of aryl methyl sites for hydroxylation is 2. The van der Waals surface area contributed by atoms with E-state index in [2.05, 4.69) is 23.8 Å². The van der Waals surface area contributed by atoms with E-state index in [1.54, 1.807) is 6.92 Å². The Morgan fingerprint density at radius 1 is 1.36 bits per heavy atom. The van der Waals surface area contributed by atoms with Crippen molar-refractivity contribution >= 4 is 5.82 Å². The molecule has 1 aromatic heterocycles. The average Bonchev–Trinajstić information content (AvgIpc) is 2.10. The maximum Gasteiger partial charge on any atom is 0.186 e. The molecule has 2 N–H and O–H groups in total. The molecular formula is C10H16FN3. The molecule has 14 heavy (non-hydrogen) atoms. The summed E-state index contributed by atoms with van der Waals surface area (Å²) in [6, 6.07) is 0. The largest absolute Gasteiger partial charge is 0.381 e. The highest BCUT2D eigenvalue weighted by Gasteiger charge is 2.08. The summed E-state index contributed by atoms with van der Waals surface area (Å²) in [5.41, 5.74) is 5.73. The van der Waals surface area contributed by atoms with Gasteiger partial charge in [0.05, 0.1) is 5.69 Å². The van der Waals surface area contributed by atoms with Gasteiger partial charge in [-0.2, -0.15) is 0 Å². The number of nitrogen functional groups attached to an aromatic ring is 1. The lowest BCUT2D eigenvalue weighted by molar-refractivity contribution is 0.563. The lowest BCUT2D eigenvalue weighted by Gasteiger charge is -2.06. The first-order valence-corrected chi connectivity index (χ1v) is 4.79. The second kappa shape index (κ2) is 4.35. The zero-order valence-corrected chi connectivity index (χ0v) is 8.84. The van der Waals surface area contributed by atoms with E-state index in [4.69, 9.17) is 5.73 Å². The van der Waals surface area contributed by atoms with Crippen molar-refractivity contribution in [3.05, 3.63) is 17.3 Å². The molecule has 4 heteroatoms. The summed E-state index contributed by atoms with van der Waals surface area (Å²) in [6.07, 6.45) is 1.74. The molecule has 1 rings (SSSR count). The topological polar surface area (TPSA) is 51.8 Å². The molecule has 0 atom stereocenters. The average molecular weight is 197 g/mol. The fourth-order valence-electron chi connectivity index (χ4n) is 1.17. The molecule has 0 aromatic carbocycles. The van der Waals surface area contributed by atoms with Gasteiger partial charge < -0.3 is 5.73 Å². The van der Waals surface area contributed by atoms with Crippen LogP contribution >= 0.6 is 0 Å². The fourth-order valence-corrected chi connectivity index (χ4v) is 1.17. The Bertz CT molecular complexity index is 300. The first kappa shape index (κ1) is 10.9. The standard InChI is InChI=1S/C10H16FN3/c1-6(2)4-5-8-13-7(3)9(11)10(12)14-8/h6H,4-5H2,1-3H3,(H2,12,13,14). The molecule has 0 saturated carbocycles. The van der Waals surface area contributed by atoms with E-state index >= 15 is 0 Å². The van der Waals surface area contributed by atoms with E-state index in [1.165, 1.54) is 0 Å². The normalized spacial score (nSPS) is 10.9. The minimum Gasteiger partial charge on any atom is -0.381 e. The molecule has 0 radical (unpaired) electrons. The van der Waals surface area contributed by atoms with Gasteiger partial charge in [-0.25, -0.2) is 14.4 Å². The van der Waals surface area contributed by atoms with Gasteiger partial charge in [0.2, 0.25) is 0 Å². The number of nitrogens with zero attached hydrogens (tertiary/aromatic N) is 2. The quantitative estimate of drug-likeness (QED) is 0.807. The Hall–Kier alpha value is -1.19. The van der Waals surface area contributed by atoms with Crippen molar-refractivity contribution in [3.8, 4) is 0 Å². The van der Waals surface area contributed by atoms with Crippen molar-refractivity contribution in [2.75, 3.05) is 5.73 Å². The minimum absolute atomic E-state index is 0.0451. The van der Waals surface area contributed by atoms with Crippen molar-refractivity contribution in [3.63, 3.8) is 0 Å². The summed E-state index contributed by atoms with van der Waals surface area (Å²) in [5.74, 6) is 0.676. The molecule has 0 spiro atoms. The molecule has 1 heterocycles. The van der Waals surface area contributed by atoms with Crippen LogP contribution in [0.15, 0.2) is 0 Å². The van der Waals surface area contributed by atoms with E-state index in [9.17, 15) is 4.39 Å². The number of halogens is 1. The van der Waals surface area contributed by atoms with E-state index in [0.717, 1.165) is 12.8 Å². The molecule has 0 aliphatic rings. The van der Waals surface area contributed by atoms with Gasteiger partial charge in [0.1, 0.15) is 5.82 Å². The number of hydrogen-bond donors (Lipinski definition) is 1. The summed E-state index contributed by atoms with van der Waals surface area (Å²) in [5, 5.41) is 0. The van der Waals surface area contributed by atoms with Crippen molar-refractivity contribution in [2.45, 2.75) is 33.6 Å². The molecule has 0 aliphatic carbocycles. The molecule has 1 aromatic rings. The van der Waals surface area contributed by atoms with Crippen LogP contribution in [0.2, 0.25) is 0 Å². The van der Waals surface area contributed by atoms with Crippen molar-refractivity contribution in [1.29, 1.82) is 0 Å². The molecule has 78 valence electrons. The number of nitrogens with two attached hydrogens (primary N) is 1. The van der Waals surface area contributed by atoms with Crippen LogP contribution in [0.1, 0.15) is 31.8 Å². The second-order valence-electron chi connectivity index (χ2n) is 3.86. The van der Waals surface area contributed by atoms with Gasteiger partial charge in [-0.15, -0.1) is 0 Å². The van der Waals surface area contributed by atoms with Crippen LogP contribution in [-0.2, 0) is 6.42 Å². The van der Waals surface area contributed by atoms with E-state index < -0.39 is 5.82 Å². The lowest BCUT2D eigenvalue weighted by Crippen LogP contribution is -2.06. The highest BCUT2D eigenvalue weighted by molar-refractivity contribution is 5.31. The Morgan fingerprint density at radius 2 is 2.00 bits per heavy atom. The number of aromatic nitrogens is 2. The summed E-state index contributed by atoms with van der Waals surface area (Å²) in [6.45, 7) is 5.85. The summed E-state index contributed by atoms with van der Waals surface area (Å²) < 4.78 is 13.1. The molecule has 3 nitrogen and oxygen atoms in total. The monoisotopic (exact) mass is 197 g/mol. The number of hydrogen-bond acceptors (Lipinski definition) is 3. The molecule has 0 unspecified atom stereocenters. The lowest BCUT2D eigenvalue weighted by atomic mass is 10.1. The third-order valence-corrected chi connectivity index (χ3v) is 2.03. The zero-order chi connectivity index (χ0) is 10.7. The fraction of sp³-hybridized carbons (Fsp3) is 0.600. The van der Waals surface area contributed by atoms with E-state index in [0.29, 0.717) is 17.4 Å². The van der Waals surface area contributed by atoms with Crippen LogP contribution in [0.5, 0.6) is 0 Å². The summed E-state index contributed by atoms with van der Waals surface area (Å²) >= 11 is 0. The first-order valence-electron chi connectivity index (χ1n) is 4.79. The van der Waals surface area contributed by atoms with Crippen LogP contribution in [-0.4, -0.2) is 9.97 Å². The highest BCUT2D eigenvalue weighted by atomic mass is 19.1. The third-order valence-electron chi connectivity index (χ3n) is 2.03. The van der Waals surface area contributed by atoms with Gasteiger partial charge in [0, 0.05) is 6.42 Å². The summed E-state index contributed by atoms with van der Waals surface area (Å²) in [7, 11) is 0. The van der Waals surface area contributed by atoms with Gasteiger partial charge in [0.25, 0.3) is 0 Å². The smallest absolute Gasteiger partial charge is 0.186 e. The van der Waals surface area contributed by atoms with Gasteiger partial charge >= 0.3 is 0 Å². The van der Waals surface area contributed by atoms with E-state index in [-0.39, 0.29) is 5.82 Å². The summed E-state index contributed by atoms with van der Waals surface area (Å²) in [4.78, 5) is 7.94. The Kier molecular flexibility index (Phi) is 3.38. The van der Waals surface area contributed by atoms with Crippen LogP contribution in [0.3, 0.4) is 0 Å². The predicted molar refractivity (Wildman–Crippen MR) is 54.3 cm³/mol. The van der Waals surface area contributed by atoms with Gasteiger partial charge in [-0.05, 0) is 19.3 Å². The van der Waals surface area contributed by atoms with E-state index in [1.807, 2.05) is 0 Å². The van der Waals surface area contributed by atoms with Gasteiger partial charge in [-0.1, -0.05) is 13.8 Å². The Labute approximate surface area is 83.6 Å². The Balaban J connectivity index is 2.79. The Morgan fingerprint density at radius 3 is 2.50 bits per heavy atom. The second-order valence-corrected chi connectivity index (χ2v) is 3.86. The molecule has 0 fully saturated rings. The van der Waals surface area contributed by atoms with Crippen LogP contribution in [0.25, 0.3) is 0 Å². The van der Waals surface area contributed by atoms with Crippen LogP contribution in [0, 0.1) is 18.7 Å². The zero-order valence-electron chi connectivity index (χ0n) is 8.84. The molecule has 0 saturated heterocycles. The first-order chi connectivity index (χ1) is 6.50. The highest BCUT2D eigenvalue weighted by Crippen LogP contribution is 2.12. The number of anilines is 1. The SMILES string of the molecule is Cc1nc(CCC(C)C)nc(N)c1F. The third kappa shape index (κ3) is 2.65. The molecule has 0 bridgehead atoms. The maximum absolute atomic E-state index is 13.1. The van der Waals surface area contributed by atoms with Crippen LogP contribution in [0.4, 0.5) is 10.2 Å². The van der Waals surface area contributed by atoms with Gasteiger partial charge in [-0.3, -0.25) is 0 Å². The maximum atomic E-state index is 13.1. The predicted octanol–water partition coefficient (Wildman–Crippen LogP) is 2.09. The minimum atomic E-state index is -0.502. The molecular weight excluding hydrogens is 181 g/mol. The van der Waals surface area contributed by atoms with Crippen molar-refractivity contribution in [1.82, 2.24) is 9.97 Å². The number of rotatable bonds is 3. The van der Waals surface area contributed by atoms with Gasteiger partial charge in [0.15, 0.2) is 11.6 Å². The van der Waals surface area contributed by atoms with Crippen molar-refractivity contribution in [2.24, 2.45) is 5.92 Å². The molecule has 0 aliphatic heterocycles.